The Morgan fingerprint density at radius 3 is 2.46 bits per heavy atom. The minimum absolute atomic E-state index is 0.0558. The second kappa shape index (κ2) is 7.77. The van der Waals surface area contributed by atoms with Crippen LogP contribution in [0, 0.1) is 0 Å². The predicted octanol–water partition coefficient (Wildman–Crippen LogP) is 3.09. The molecule has 1 aliphatic rings. The average Bonchev–Trinajstić information content (AvgIpc) is 3.16. The van der Waals surface area contributed by atoms with Crippen molar-refractivity contribution in [1.29, 1.82) is 0 Å². The number of aldehydes is 1. The average molecular weight is 323 g/mol. The van der Waals surface area contributed by atoms with Crippen molar-refractivity contribution in [3.05, 3.63) is 65.2 Å². The highest BCUT2D eigenvalue weighted by molar-refractivity contribution is 5.94. The summed E-state index contributed by atoms with van der Waals surface area (Å²) in [6, 6.07) is 15.5. The molecule has 0 aliphatic carbocycles. The lowest BCUT2D eigenvalue weighted by Crippen LogP contribution is -2.27. The lowest BCUT2D eigenvalue weighted by molar-refractivity contribution is -0.109. The third kappa shape index (κ3) is 3.82. The summed E-state index contributed by atoms with van der Waals surface area (Å²) in [4.78, 5) is 24.8. The molecule has 0 atom stereocenters. The van der Waals surface area contributed by atoms with E-state index in [4.69, 9.17) is 4.74 Å². The van der Waals surface area contributed by atoms with Gasteiger partial charge in [-0.05, 0) is 42.2 Å². The van der Waals surface area contributed by atoms with Gasteiger partial charge in [0.15, 0.2) is 6.29 Å². The van der Waals surface area contributed by atoms with Gasteiger partial charge in [-0.15, -0.1) is 0 Å². The maximum absolute atomic E-state index is 12.4. The molecule has 2 aromatic carbocycles. The summed E-state index contributed by atoms with van der Waals surface area (Å²) in [5.74, 6) is 0.843. The number of hydrogen-bond acceptors (Lipinski definition) is 3. The Hall–Kier alpha value is -2.62. The van der Waals surface area contributed by atoms with E-state index >= 15 is 0 Å². The second-order valence-electron chi connectivity index (χ2n) is 5.96. The van der Waals surface area contributed by atoms with E-state index in [-0.39, 0.29) is 12.5 Å². The van der Waals surface area contributed by atoms with Crippen molar-refractivity contribution in [2.45, 2.75) is 19.3 Å². The lowest BCUT2D eigenvalue weighted by atomic mass is 10.0. The molecule has 0 saturated carbocycles. The molecular weight excluding hydrogens is 302 g/mol. The third-order valence-corrected chi connectivity index (χ3v) is 4.27. The minimum atomic E-state index is 0.0558. The molecule has 1 amide bonds. The SMILES string of the molecule is O=CCOc1ccccc1Cc1ccc(C(=O)N2CCCC2)cc1. The van der Waals surface area contributed by atoms with Crippen molar-refractivity contribution in [3.63, 3.8) is 0 Å². The van der Waals surface area contributed by atoms with E-state index in [9.17, 15) is 9.59 Å². The molecule has 1 fully saturated rings. The fourth-order valence-corrected chi connectivity index (χ4v) is 3.00. The van der Waals surface area contributed by atoms with Crippen LogP contribution in [-0.2, 0) is 11.2 Å². The van der Waals surface area contributed by atoms with Gasteiger partial charge in [-0.3, -0.25) is 9.59 Å². The monoisotopic (exact) mass is 323 g/mol. The molecule has 0 aromatic heterocycles. The van der Waals surface area contributed by atoms with E-state index in [1.807, 2.05) is 53.4 Å². The van der Waals surface area contributed by atoms with Crippen LogP contribution in [0.15, 0.2) is 48.5 Å². The zero-order valence-electron chi connectivity index (χ0n) is 13.6. The molecule has 0 spiro atoms. The van der Waals surface area contributed by atoms with Gasteiger partial charge in [-0.25, -0.2) is 0 Å². The highest BCUT2D eigenvalue weighted by Crippen LogP contribution is 2.22. The summed E-state index contributed by atoms with van der Waals surface area (Å²) in [5.41, 5.74) is 2.87. The summed E-state index contributed by atoms with van der Waals surface area (Å²) >= 11 is 0. The molecule has 24 heavy (non-hydrogen) atoms. The number of ether oxygens (including phenoxy) is 1. The molecule has 1 saturated heterocycles. The van der Waals surface area contributed by atoms with E-state index in [1.54, 1.807) is 0 Å². The predicted molar refractivity (Wildman–Crippen MR) is 92.4 cm³/mol. The van der Waals surface area contributed by atoms with Crippen LogP contribution in [0.4, 0.5) is 0 Å². The highest BCUT2D eigenvalue weighted by atomic mass is 16.5. The summed E-state index contributed by atoms with van der Waals surface area (Å²) in [6.07, 6.45) is 3.64. The number of hydrogen-bond donors (Lipinski definition) is 0. The standard InChI is InChI=1S/C20H21NO3/c22-13-14-24-19-6-2-1-5-18(19)15-16-7-9-17(10-8-16)20(23)21-11-3-4-12-21/h1-2,5-10,13H,3-4,11-12,14-15H2. The van der Waals surface area contributed by atoms with Gasteiger partial charge in [0.25, 0.3) is 5.91 Å². The Bertz CT molecular complexity index is 703. The van der Waals surface area contributed by atoms with E-state index < -0.39 is 0 Å². The summed E-state index contributed by atoms with van der Waals surface area (Å²) < 4.78 is 5.46. The Morgan fingerprint density at radius 1 is 1.04 bits per heavy atom. The van der Waals surface area contributed by atoms with Crippen molar-refractivity contribution in [1.82, 2.24) is 4.90 Å². The lowest BCUT2D eigenvalue weighted by Gasteiger charge is -2.15. The van der Waals surface area contributed by atoms with E-state index in [1.165, 1.54) is 0 Å². The molecule has 1 aliphatic heterocycles. The van der Waals surface area contributed by atoms with Crippen molar-refractivity contribution in [2.24, 2.45) is 0 Å². The van der Waals surface area contributed by atoms with Gasteiger partial charge in [0.1, 0.15) is 12.4 Å². The van der Waals surface area contributed by atoms with Crippen LogP contribution in [0.3, 0.4) is 0 Å². The first kappa shape index (κ1) is 16.2. The molecule has 0 radical (unpaired) electrons. The molecule has 0 bridgehead atoms. The summed E-state index contributed by atoms with van der Waals surface area (Å²) in [7, 11) is 0. The fourth-order valence-electron chi connectivity index (χ4n) is 3.00. The van der Waals surface area contributed by atoms with Gasteiger partial charge < -0.3 is 9.64 Å². The molecular formula is C20H21NO3. The molecule has 4 heteroatoms. The number of rotatable bonds is 6. The topological polar surface area (TPSA) is 46.6 Å². The van der Waals surface area contributed by atoms with Gasteiger partial charge in [-0.2, -0.15) is 0 Å². The Kier molecular flexibility index (Phi) is 5.26. The number of carbonyl (C=O) groups is 2. The third-order valence-electron chi connectivity index (χ3n) is 4.27. The maximum atomic E-state index is 12.4. The van der Waals surface area contributed by atoms with Crippen LogP contribution < -0.4 is 4.74 Å². The van der Waals surface area contributed by atoms with Gasteiger partial charge in [0, 0.05) is 25.1 Å². The van der Waals surface area contributed by atoms with E-state index in [0.29, 0.717) is 6.42 Å². The van der Waals surface area contributed by atoms with Gasteiger partial charge >= 0.3 is 0 Å². The first-order valence-electron chi connectivity index (χ1n) is 8.30. The van der Waals surface area contributed by atoms with Crippen LogP contribution in [0.25, 0.3) is 0 Å². The number of nitrogens with zero attached hydrogens (tertiary/aromatic N) is 1. The zero-order chi connectivity index (χ0) is 16.8. The Labute approximate surface area is 142 Å². The van der Waals surface area contributed by atoms with Gasteiger partial charge in [0.05, 0.1) is 0 Å². The number of benzene rings is 2. The fraction of sp³-hybridized carbons (Fsp3) is 0.300. The van der Waals surface area contributed by atoms with Crippen LogP contribution >= 0.6 is 0 Å². The normalized spacial score (nSPS) is 13.8. The second-order valence-corrected chi connectivity index (χ2v) is 5.96. The van der Waals surface area contributed by atoms with Crippen LogP contribution in [0.1, 0.15) is 34.3 Å². The number of carbonyl (C=O) groups excluding carboxylic acids is 2. The van der Waals surface area contributed by atoms with Gasteiger partial charge in [0.2, 0.25) is 0 Å². The van der Waals surface area contributed by atoms with Crippen molar-refractivity contribution in [2.75, 3.05) is 19.7 Å². The molecule has 124 valence electrons. The number of amides is 1. The molecule has 4 nitrogen and oxygen atoms in total. The van der Waals surface area contributed by atoms with Crippen LogP contribution in [0.5, 0.6) is 5.75 Å². The van der Waals surface area contributed by atoms with Gasteiger partial charge in [-0.1, -0.05) is 30.3 Å². The number of para-hydroxylation sites is 1. The van der Waals surface area contributed by atoms with E-state index in [0.717, 1.165) is 54.7 Å². The molecule has 3 rings (SSSR count). The van der Waals surface area contributed by atoms with Crippen LogP contribution in [-0.4, -0.2) is 36.8 Å². The number of likely N-dealkylation sites (tertiary alicyclic amines) is 1. The Balaban J connectivity index is 1.70. The van der Waals surface area contributed by atoms with Crippen molar-refractivity contribution >= 4 is 12.2 Å². The highest BCUT2D eigenvalue weighted by Gasteiger charge is 2.19. The van der Waals surface area contributed by atoms with Crippen molar-refractivity contribution in [3.8, 4) is 5.75 Å². The molecule has 2 aromatic rings. The molecule has 1 heterocycles. The summed E-state index contributed by atoms with van der Waals surface area (Å²) in [5, 5.41) is 0. The summed E-state index contributed by atoms with van der Waals surface area (Å²) in [6.45, 7) is 1.78. The zero-order valence-corrected chi connectivity index (χ0v) is 13.6. The van der Waals surface area contributed by atoms with E-state index in [2.05, 4.69) is 0 Å². The Morgan fingerprint density at radius 2 is 1.75 bits per heavy atom. The largest absolute Gasteiger partial charge is 0.486 e. The molecule has 0 N–H and O–H groups in total. The first-order chi connectivity index (χ1) is 11.8. The maximum Gasteiger partial charge on any atom is 0.253 e. The minimum Gasteiger partial charge on any atom is -0.486 e. The van der Waals surface area contributed by atoms with Crippen molar-refractivity contribution < 1.29 is 14.3 Å². The smallest absolute Gasteiger partial charge is 0.253 e. The molecule has 0 unspecified atom stereocenters. The quantitative estimate of drug-likeness (QED) is 0.768. The first-order valence-corrected chi connectivity index (χ1v) is 8.30. The van der Waals surface area contributed by atoms with Crippen LogP contribution in [0.2, 0.25) is 0 Å².